The van der Waals surface area contributed by atoms with Gasteiger partial charge in [0.25, 0.3) is 0 Å². The van der Waals surface area contributed by atoms with Crippen LogP contribution < -0.4 is 5.32 Å². The molecular formula is C9H15N. The molecule has 0 aromatic carbocycles. The third-order valence-corrected chi connectivity index (χ3v) is 1.68. The van der Waals surface area contributed by atoms with Crippen LogP contribution >= 0.6 is 0 Å². The lowest BCUT2D eigenvalue weighted by Gasteiger charge is -2.06. The summed E-state index contributed by atoms with van der Waals surface area (Å²) in [6.45, 7) is 4.28. The first-order chi connectivity index (χ1) is 4.79. The van der Waals surface area contributed by atoms with Crippen molar-refractivity contribution in [1.29, 1.82) is 0 Å². The summed E-state index contributed by atoms with van der Waals surface area (Å²) in [4.78, 5) is 0. The van der Waals surface area contributed by atoms with Gasteiger partial charge in [0.05, 0.1) is 0 Å². The average Bonchev–Trinajstić information content (AvgIpc) is 2.34. The molecule has 1 heteroatoms. The van der Waals surface area contributed by atoms with Crippen molar-refractivity contribution >= 4 is 0 Å². The molecule has 1 aliphatic rings. The average molecular weight is 137 g/mol. The van der Waals surface area contributed by atoms with Crippen LogP contribution in [0.5, 0.6) is 0 Å². The maximum atomic E-state index is 3.29. The van der Waals surface area contributed by atoms with E-state index < -0.39 is 0 Å². The zero-order valence-corrected chi connectivity index (χ0v) is 6.72. The summed E-state index contributed by atoms with van der Waals surface area (Å²) in [5.41, 5.74) is 1.41. The Hall–Kier alpha value is -0.720. The van der Waals surface area contributed by atoms with Gasteiger partial charge in [-0.3, -0.25) is 0 Å². The van der Waals surface area contributed by atoms with E-state index in [1.54, 1.807) is 0 Å². The predicted octanol–water partition coefficient (Wildman–Crippen LogP) is 2.22. The van der Waals surface area contributed by atoms with E-state index in [4.69, 9.17) is 0 Å². The largest absolute Gasteiger partial charge is 0.388 e. The van der Waals surface area contributed by atoms with Gasteiger partial charge in [-0.2, -0.15) is 0 Å². The van der Waals surface area contributed by atoms with Crippen LogP contribution in [0.15, 0.2) is 23.9 Å². The molecule has 1 heterocycles. The topological polar surface area (TPSA) is 12.0 Å². The molecule has 1 aliphatic heterocycles. The summed E-state index contributed by atoms with van der Waals surface area (Å²) in [5.74, 6) is 0. The van der Waals surface area contributed by atoms with E-state index in [0.717, 1.165) is 6.42 Å². The summed E-state index contributed by atoms with van der Waals surface area (Å²) in [6.07, 6.45) is 8.86. The van der Waals surface area contributed by atoms with E-state index in [1.165, 1.54) is 12.0 Å². The van der Waals surface area contributed by atoms with Crippen LogP contribution in [0.3, 0.4) is 0 Å². The second-order valence-corrected chi connectivity index (χ2v) is 3.02. The molecule has 56 valence electrons. The van der Waals surface area contributed by atoms with Gasteiger partial charge in [0, 0.05) is 6.04 Å². The number of rotatable bonds is 2. The minimum absolute atomic E-state index is 0.662. The molecule has 1 nitrogen and oxygen atoms in total. The van der Waals surface area contributed by atoms with Crippen molar-refractivity contribution in [3.8, 4) is 0 Å². The summed E-state index contributed by atoms with van der Waals surface area (Å²) in [7, 11) is 0. The molecule has 0 aliphatic carbocycles. The molecule has 0 bridgehead atoms. The molecule has 10 heavy (non-hydrogen) atoms. The van der Waals surface area contributed by atoms with Gasteiger partial charge in [-0.15, -0.1) is 0 Å². The third-order valence-electron chi connectivity index (χ3n) is 1.68. The van der Waals surface area contributed by atoms with Crippen molar-refractivity contribution in [3.63, 3.8) is 0 Å². The van der Waals surface area contributed by atoms with Crippen LogP contribution in [-0.4, -0.2) is 6.04 Å². The zero-order chi connectivity index (χ0) is 7.40. The fourth-order valence-electron chi connectivity index (χ4n) is 1.05. The SMILES string of the molecule is CC(C)=CCC1CC=CN1. The van der Waals surface area contributed by atoms with Crippen LogP contribution in [0, 0.1) is 0 Å². The molecule has 1 atom stereocenters. The van der Waals surface area contributed by atoms with E-state index >= 15 is 0 Å². The highest BCUT2D eigenvalue weighted by Gasteiger charge is 2.05. The van der Waals surface area contributed by atoms with Crippen molar-refractivity contribution < 1.29 is 0 Å². The molecule has 0 aromatic heterocycles. The third kappa shape index (κ3) is 2.26. The van der Waals surface area contributed by atoms with Crippen molar-refractivity contribution in [2.45, 2.75) is 32.7 Å². The summed E-state index contributed by atoms with van der Waals surface area (Å²) in [6, 6.07) is 0.662. The molecule has 0 fully saturated rings. The molecule has 0 saturated heterocycles. The first-order valence-electron chi connectivity index (χ1n) is 3.83. The van der Waals surface area contributed by atoms with Crippen molar-refractivity contribution in [2.24, 2.45) is 0 Å². The van der Waals surface area contributed by atoms with Crippen LogP contribution in [0.1, 0.15) is 26.7 Å². The minimum atomic E-state index is 0.662. The monoisotopic (exact) mass is 137 g/mol. The zero-order valence-electron chi connectivity index (χ0n) is 6.72. The molecule has 0 aromatic rings. The Labute approximate surface area is 62.8 Å². The van der Waals surface area contributed by atoms with Crippen molar-refractivity contribution in [1.82, 2.24) is 5.32 Å². The van der Waals surface area contributed by atoms with Crippen LogP contribution in [0.4, 0.5) is 0 Å². The number of hydrogen-bond donors (Lipinski definition) is 1. The van der Waals surface area contributed by atoms with E-state index in [2.05, 4.69) is 31.3 Å². The second kappa shape index (κ2) is 3.45. The Morgan fingerprint density at radius 1 is 1.70 bits per heavy atom. The maximum Gasteiger partial charge on any atom is 0.0325 e. The van der Waals surface area contributed by atoms with Gasteiger partial charge in [0.2, 0.25) is 0 Å². The molecule has 1 unspecified atom stereocenters. The van der Waals surface area contributed by atoms with Gasteiger partial charge in [-0.25, -0.2) is 0 Å². The molecular weight excluding hydrogens is 122 g/mol. The first kappa shape index (κ1) is 7.39. The van der Waals surface area contributed by atoms with Crippen LogP contribution in [0.25, 0.3) is 0 Å². The first-order valence-corrected chi connectivity index (χ1v) is 3.83. The molecule has 1 N–H and O–H groups in total. The molecule has 0 radical (unpaired) electrons. The normalized spacial score (nSPS) is 22.4. The van der Waals surface area contributed by atoms with E-state index in [0.29, 0.717) is 6.04 Å². The van der Waals surface area contributed by atoms with Gasteiger partial charge >= 0.3 is 0 Å². The summed E-state index contributed by atoms with van der Waals surface area (Å²) in [5, 5.41) is 3.29. The Bertz CT molecular complexity index is 144. The Morgan fingerprint density at radius 2 is 2.50 bits per heavy atom. The highest BCUT2D eigenvalue weighted by Crippen LogP contribution is 2.07. The number of nitrogens with one attached hydrogen (secondary N) is 1. The standard InChI is InChI=1S/C9H15N/c1-8(2)5-6-9-4-3-7-10-9/h3,5,7,9-10H,4,6H2,1-2H3. The van der Waals surface area contributed by atoms with Crippen LogP contribution in [0.2, 0.25) is 0 Å². The van der Waals surface area contributed by atoms with Gasteiger partial charge in [0.15, 0.2) is 0 Å². The Morgan fingerprint density at radius 3 is 3.00 bits per heavy atom. The number of hydrogen-bond acceptors (Lipinski definition) is 1. The summed E-state index contributed by atoms with van der Waals surface area (Å²) < 4.78 is 0. The van der Waals surface area contributed by atoms with Gasteiger partial charge in [-0.05, 0) is 32.9 Å². The Balaban J connectivity index is 2.21. The van der Waals surface area contributed by atoms with E-state index in [9.17, 15) is 0 Å². The smallest absolute Gasteiger partial charge is 0.0325 e. The van der Waals surface area contributed by atoms with E-state index in [1.807, 2.05) is 6.20 Å². The minimum Gasteiger partial charge on any atom is -0.388 e. The quantitative estimate of drug-likeness (QED) is 0.575. The fourth-order valence-corrected chi connectivity index (χ4v) is 1.05. The van der Waals surface area contributed by atoms with Gasteiger partial charge in [-0.1, -0.05) is 17.7 Å². The molecule has 1 rings (SSSR count). The van der Waals surface area contributed by atoms with Gasteiger partial charge in [0.1, 0.15) is 0 Å². The van der Waals surface area contributed by atoms with Crippen molar-refractivity contribution in [3.05, 3.63) is 23.9 Å². The van der Waals surface area contributed by atoms with E-state index in [-0.39, 0.29) is 0 Å². The van der Waals surface area contributed by atoms with Crippen LogP contribution in [-0.2, 0) is 0 Å². The number of allylic oxidation sites excluding steroid dienone is 1. The lowest BCUT2D eigenvalue weighted by Crippen LogP contribution is -2.17. The maximum absolute atomic E-state index is 3.29. The lowest BCUT2D eigenvalue weighted by atomic mass is 10.1. The second-order valence-electron chi connectivity index (χ2n) is 3.02. The summed E-state index contributed by atoms with van der Waals surface area (Å²) >= 11 is 0. The molecule has 0 amide bonds. The fraction of sp³-hybridized carbons (Fsp3) is 0.556. The van der Waals surface area contributed by atoms with Crippen molar-refractivity contribution in [2.75, 3.05) is 0 Å². The molecule has 0 spiro atoms. The molecule has 0 saturated carbocycles. The predicted molar refractivity (Wildman–Crippen MR) is 44.7 cm³/mol. The highest BCUT2D eigenvalue weighted by atomic mass is 14.9. The van der Waals surface area contributed by atoms with Gasteiger partial charge < -0.3 is 5.32 Å². The Kier molecular flexibility index (Phi) is 2.55. The highest BCUT2D eigenvalue weighted by molar-refractivity contribution is 5.01. The lowest BCUT2D eigenvalue weighted by molar-refractivity contribution is 0.634.